The number of hydrogen-bond donors (Lipinski definition) is 1. The van der Waals surface area contributed by atoms with Crippen molar-refractivity contribution in [2.24, 2.45) is 7.05 Å². The van der Waals surface area contributed by atoms with E-state index in [0.717, 1.165) is 13.0 Å². The van der Waals surface area contributed by atoms with Gasteiger partial charge >= 0.3 is 0 Å². The van der Waals surface area contributed by atoms with Crippen molar-refractivity contribution in [2.45, 2.75) is 20.0 Å². The highest BCUT2D eigenvalue weighted by Crippen LogP contribution is 2.12. The molecule has 1 N–H and O–H groups in total. The van der Waals surface area contributed by atoms with Gasteiger partial charge in [0.1, 0.15) is 17.6 Å². The number of anilines is 1. The Kier molecular flexibility index (Phi) is 5.31. The SMILES string of the molecule is CCOCc1nc(Cl)cc(NCCc2cnn(C)c2)n1. The lowest BCUT2D eigenvalue weighted by Gasteiger charge is -2.07. The molecule has 2 rings (SSSR count). The highest BCUT2D eigenvalue weighted by Gasteiger charge is 2.04. The van der Waals surface area contributed by atoms with Crippen LogP contribution in [-0.4, -0.2) is 32.9 Å². The highest BCUT2D eigenvalue weighted by molar-refractivity contribution is 6.29. The zero-order chi connectivity index (χ0) is 14.4. The van der Waals surface area contributed by atoms with Crippen LogP contribution < -0.4 is 5.32 Å². The Morgan fingerprint density at radius 1 is 1.40 bits per heavy atom. The molecule has 0 fully saturated rings. The van der Waals surface area contributed by atoms with E-state index in [0.29, 0.717) is 30.0 Å². The first kappa shape index (κ1) is 14.7. The number of halogens is 1. The van der Waals surface area contributed by atoms with Crippen LogP contribution in [0.25, 0.3) is 0 Å². The minimum absolute atomic E-state index is 0.369. The maximum atomic E-state index is 5.97. The van der Waals surface area contributed by atoms with Crippen LogP contribution in [0.4, 0.5) is 5.82 Å². The monoisotopic (exact) mass is 295 g/mol. The average molecular weight is 296 g/mol. The molecule has 0 bridgehead atoms. The van der Waals surface area contributed by atoms with E-state index in [4.69, 9.17) is 16.3 Å². The molecule has 0 spiro atoms. The van der Waals surface area contributed by atoms with Gasteiger partial charge in [0.2, 0.25) is 0 Å². The summed E-state index contributed by atoms with van der Waals surface area (Å²) in [5.41, 5.74) is 1.18. The predicted molar refractivity (Wildman–Crippen MR) is 77.8 cm³/mol. The van der Waals surface area contributed by atoms with E-state index in [1.807, 2.05) is 26.4 Å². The molecule has 0 amide bonds. The van der Waals surface area contributed by atoms with Gasteiger partial charge in [-0.15, -0.1) is 0 Å². The van der Waals surface area contributed by atoms with E-state index in [2.05, 4.69) is 20.4 Å². The van der Waals surface area contributed by atoms with Crippen LogP contribution in [0.5, 0.6) is 0 Å². The number of nitrogens with one attached hydrogen (secondary N) is 1. The number of rotatable bonds is 7. The fourth-order valence-electron chi connectivity index (χ4n) is 1.75. The molecule has 0 saturated carbocycles. The summed E-state index contributed by atoms with van der Waals surface area (Å²) in [5.74, 6) is 1.30. The molecule has 108 valence electrons. The fraction of sp³-hybridized carbons (Fsp3) is 0.462. The highest BCUT2D eigenvalue weighted by atomic mass is 35.5. The maximum Gasteiger partial charge on any atom is 0.158 e. The van der Waals surface area contributed by atoms with E-state index in [1.54, 1.807) is 10.7 Å². The Hall–Kier alpha value is -1.66. The molecule has 0 atom stereocenters. The summed E-state index contributed by atoms with van der Waals surface area (Å²) in [6.07, 6.45) is 4.72. The Morgan fingerprint density at radius 3 is 2.95 bits per heavy atom. The van der Waals surface area contributed by atoms with Crippen molar-refractivity contribution < 1.29 is 4.74 Å². The molecule has 0 unspecified atom stereocenters. The van der Waals surface area contributed by atoms with Gasteiger partial charge in [-0.05, 0) is 18.9 Å². The molecular weight excluding hydrogens is 278 g/mol. The lowest BCUT2D eigenvalue weighted by Crippen LogP contribution is -2.08. The Morgan fingerprint density at radius 2 is 2.25 bits per heavy atom. The summed E-state index contributed by atoms with van der Waals surface area (Å²) in [4.78, 5) is 8.47. The van der Waals surface area contributed by atoms with Crippen molar-refractivity contribution in [3.05, 3.63) is 35.0 Å². The zero-order valence-electron chi connectivity index (χ0n) is 11.6. The first-order valence-electron chi connectivity index (χ1n) is 6.50. The molecule has 0 aromatic carbocycles. The Bertz CT molecular complexity index is 557. The van der Waals surface area contributed by atoms with Crippen LogP contribution in [0.1, 0.15) is 18.3 Å². The fourth-order valence-corrected chi connectivity index (χ4v) is 1.95. The van der Waals surface area contributed by atoms with Gasteiger partial charge in [0.25, 0.3) is 0 Å². The van der Waals surface area contributed by atoms with Crippen LogP contribution in [0.2, 0.25) is 5.15 Å². The van der Waals surface area contributed by atoms with Gasteiger partial charge in [-0.3, -0.25) is 4.68 Å². The van der Waals surface area contributed by atoms with Crippen LogP contribution in [0.3, 0.4) is 0 Å². The van der Waals surface area contributed by atoms with E-state index in [-0.39, 0.29) is 0 Å². The van der Waals surface area contributed by atoms with Crippen molar-refractivity contribution in [3.8, 4) is 0 Å². The molecular formula is C13H18ClN5O. The molecule has 2 heterocycles. The topological polar surface area (TPSA) is 64.9 Å². The first-order chi connectivity index (χ1) is 9.67. The van der Waals surface area contributed by atoms with Gasteiger partial charge in [0.05, 0.1) is 6.20 Å². The average Bonchev–Trinajstić information content (AvgIpc) is 2.81. The standard InChI is InChI=1S/C13H18ClN5O/c1-3-20-9-13-17-11(14)6-12(18-13)15-5-4-10-7-16-19(2)8-10/h6-8H,3-5,9H2,1-2H3,(H,15,17,18). The summed E-state index contributed by atoms with van der Waals surface area (Å²) in [5, 5.41) is 7.78. The van der Waals surface area contributed by atoms with Crippen molar-refractivity contribution in [1.82, 2.24) is 19.7 Å². The van der Waals surface area contributed by atoms with Crippen LogP contribution in [0, 0.1) is 0 Å². The van der Waals surface area contributed by atoms with Crippen molar-refractivity contribution in [3.63, 3.8) is 0 Å². The van der Waals surface area contributed by atoms with Crippen LogP contribution in [0.15, 0.2) is 18.5 Å². The second-order valence-corrected chi connectivity index (χ2v) is 4.72. The quantitative estimate of drug-likeness (QED) is 0.792. The van der Waals surface area contributed by atoms with Crippen LogP contribution in [-0.2, 0) is 24.8 Å². The lowest BCUT2D eigenvalue weighted by molar-refractivity contribution is 0.128. The molecule has 7 heteroatoms. The van der Waals surface area contributed by atoms with Gasteiger partial charge < -0.3 is 10.1 Å². The van der Waals surface area contributed by atoms with Crippen LogP contribution >= 0.6 is 11.6 Å². The molecule has 0 aliphatic rings. The van der Waals surface area contributed by atoms with Gasteiger partial charge in [-0.2, -0.15) is 5.10 Å². The molecule has 2 aromatic rings. The number of hydrogen-bond acceptors (Lipinski definition) is 5. The minimum Gasteiger partial charge on any atom is -0.374 e. The smallest absolute Gasteiger partial charge is 0.158 e. The maximum absolute atomic E-state index is 5.97. The number of nitrogens with zero attached hydrogens (tertiary/aromatic N) is 4. The summed E-state index contributed by atoms with van der Waals surface area (Å²) in [6.45, 7) is 3.68. The molecule has 6 nitrogen and oxygen atoms in total. The number of aryl methyl sites for hydroxylation is 1. The third-order valence-corrected chi connectivity index (χ3v) is 2.85. The summed E-state index contributed by atoms with van der Waals surface area (Å²) < 4.78 is 7.07. The van der Waals surface area contributed by atoms with E-state index < -0.39 is 0 Å². The van der Waals surface area contributed by atoms with Crippen molar-refractivity contribution >= 4 is 17.4 Å². The van der Waals surface area contributed by atoms with E-state index >= 15 is 0 Å². The lowest BCUT2D eigenvalue weighted by atomic mass is 10.2. The van der Waals surface area contributed by atoms with Gasteiger partial charge in [0, 0.05) is 32.5 Å². The zero-order valence-corrected chi connectivity index (χ0v) is 12.4. The van der Waals surface area contributed by atoms with E-state index in [1.165, 1.54) is 5.56 Å². The van der Waals surface area contributed by atoms with Gasteiger partial charge in [0.15, 0.2) is 5.82 Å². The summed E-state index contributed by atoms with van der Waals surface area (Å²) in [6, 6.07) is 1.71. The molecule has 20 heavy (non-hydrogen) atoms. The minimum atomic E-state index is 0.369. The number of aromatic nitrogens is 4. The van der Waals surface area contributed by atoms with E-state index in [9.17, 15) is 0 Å². The van der Waals surface area contributed by atoms with Gasteiger partial charge in [-0.25, -0.2) is 9.97 Å². The predicted octanol–water partition coefficient (Wildman–Crippen LogP) is 2.05. The molecule has 0 saturated heterocycles. The summed E-state index contributed by atoms with van der Waals surface area (Å²) in [7, 11) is 1.90. The number of ether oxygens (including phenoxy) is 1. The normalized spacial score (nSPS) is 10.8. The van der Waals surface area contributed by atoms with Crippen molar-refractivity contribution in [1.29, 1.82) is 0 Å². The third-order valence-electron chi connectivity index (χ3n) is 2.65. The van der Waals surface area contributed by atoms with Gasteiger partial charge in [-0.1, -0.05) is 11.6 Å². The Balaban J connectivity index is 1.89. The summed E-state index contributed by atoms with van der Waals surface area (Å²) >= 11 is 5.97. The second kappa shape index (κ2) is 7.21. The Labute approximate surface area is 123 Å². The second-order valence-electron chi connectivity index (χ2n) is 4.33. The largest absolute Gasteiger partial charge is 0.374 e. The first-order valence-corrected chi connectivity index (χ1v) is 6.87. The molecule has 0 radical (unpaired) electrons. The third kappa shape index (κ3) is 4.47. The van der Waals surface area contributed by atoms with Crippen molar-refractivity contribution in [2.75, 3.05) is 18.5 Å². The molecule has 2 aromatic heterocycles. The molecule has 0 aliphatic heterocycles. The molecule has 0 aliphatic carbocycles.